The Morgan fingerprint density at radius 2 is 1.77 bits per heavy atom. The molecule has 0 aromatic heterocycles. The first kappa shape index (κ1) is 25.1. The highest BCUT2D eigenvalue weighted by atomic mass is 28.3. The van der Waals surface area contributed by atoms with Crippen LogP contribution in [-0.4, -0.2) is 21.0 Å². The van der Waals surface area contributed by atoms with Crippen molar-refractivity contribution in [1.29, 1.82) is 0 Å². The number of allylic oxidation sites excluding steroid dienone is 4. The molecule has 0 amide bonds. The van der Waals surface area contributed by atoms with Crippen LogP contribution in [0.15, 0.2) is 47.7 Å². The number of ketones is 1. The van der Waals surface area contributed by atoms with Crippen molar-refractivity contribution < 1.29 is 9.53 Å². The highest BCUT2D eigenvalue weighted by Crippen LogP contribution is 2.79. The predicted molar refractivity (Wildman–Crippen MR) is 148 cm³/mol. The number of hydrogen-bond donors (Lipinski definition) is 0. The topological polar surface area (TPSA) is 26.3 Å². The number of ether oxygens (including phenoxy) is 1. The molecule has 0 unspecified atom stereocenters. The van der Waals surface area contributed by atoms with E-state index in [0.717, 1.165) is 12.2 Å². The number of hydrogen-bond acceptors (Lipinski definition) is 2. The van der Waals surface area contributed by atoms with Crippen LogP contribution in [0.25, 0.3) is 0 Å². The Bertz CT molecular complexity index is 1050. The third-order valence-corrected chi connectivity index (χ3v) is 13.9. The average Bonchev–Trinajstić information content (AvgIpc) is 3.15. The molecule has 1 aromatic carbocycles. The van der Waals surface area contributed by atoms with Gasteiger partial charge in [0.05, 0.1) is 15.2 Å². The van der Waals surface area contributed by atoms with Crippen molar-refractivity contribution in [3.63, 3.8) is 0 Å². The van der Waals surface area contributed by atoms with Gasteiger partial charge in [0.25, 0.3) is 0 Å². The number of methoxy groups -OCH3 is 1. The summed E-state index contributed by atoms with van der Waals surface area (Å²) in [5, 5.41) is 1.54. The van der Waals surface area contributed by atoms with Gasteiger partial charge in [-0.1, -0.05) is 81.9 Å². The van der Waals surface area contributed by atoms with E-state index in [4.69, 9.17) is 4.74 Å². The molecule has 1 aromatic rings. The lowest BCUT2D eigenvalue weighted by molar-refractivity contribution is -0.130. The maximum atomic E-state index is 14.8. The fourth-order valence-corrected chi connectivity index (χ4v) is 9.66. The van der Waals surface area contributed by atoms with E-state index in [1.165, 1.54) is 49.3 Å². The first-order valence-electron chi connectivity index (χ1n) is 14.1. The van der Waals surface area contributed by atoms with Crippen LogP contribution in [0.4, 0.5) is 0 Å². The minimum Gasteiger partial charge on any atom is -0.497 e. The normalized spacial score (nSPS) is 40.9. The number of carbonyl (C=O) groups is 1. The summed E-state index contributed by atoms with van der Waals surface area (Å²) in [5.41, 5.74) is 1.43. The second-order valence-corrected chi connectivity index (χ2v) is 18.8. The molecule has 0 radical (unpaired) electrons. The minimum absolute atomic E-state index is 0.0968. The summed E-state index contributed by atoms with van der Waals surface area (Å²) in [6.07, 6.45) is 15.9. The molecule has 0 heterocycles. The number of rotatable bonds is 5. The van der Waals surface area contributed by atoms with Crippen LogP contribution < -0.4 is 4.74 Å². The molecule has 5 rings (SSSR count). The van der Waals surface area contributed by atoms with E-state index in [1.807, 2.05) is 0 Å². The van der Waals surface area contributed by atoms with Crippen molar-refractivity contribution in [3.8, 4) is 5.75 Å². The lowest BCUT2D eigenvalue weighted by Crippen LogP contribution is -2.48. The highest BCUT2D eigenvalue weighted by molar-refractivity contribution is 6.82. The number of benzene rings is 1. The molecule has 4 aliphatic carbocycles. The second kappa shape index (κ2) is 8.47. The van der Waals surface area contributed by atoms with E-state index < -0.39 is 8.07 Å². The van der Waals surface area contributed by atoms with E-state index in [0.29, 0.717) is 17.6 Å². The van der Waals surface area contributed by atoms with Crippen LogP contribution in [0.5, 0.6) is 5.75 Å². The Hall–Kier alpha value is -1.61. The van der Waals surface area contributed by atoms with Crippen LogP contribution in [-0.2, 0) is 10.2 Å². The van der Waals surface area contributed by atoms with Gasteiger partial charge in [-0.3, -0.25) is 4.79 Å². The summed E-state index contributed by atoms with van der Waals surface area (Å²) >= 11 is 0. The van der Waals surface area contributed by atoms with Crippen molar-refractivity contribution in [1.82, 2.24) is 0 Å². The molecular weight excluding hydrogens is 444 g/mol. The van der Waals surface area contributed by atoms with E-state index in [2.05, 4.69) is 82.9 Å². The molecular formula is C32H46O2Si. The number of fused-ring (bicyclic) bond motifs is 2. The maximum Gasteiger partial charge on any atom is 0.141 e. The molecule has 190 valence electrons. The smallest absolute Gasteiger partial charge is 0.141 e. The standard InChI is InChI=1S/C32H46O2Si/c1-22-10-17-27-28(29(33)26(22)16-11-23(2)35(5,6)7)32(24-12-14-25(34-4)15-13-24)21-20-31(27)19-9-8-18-30(31,32)3/h11-15,20-22,26-28H,8-10,16-19H2,1-7H3/b23-11-/t22-,26-,27-,28-,30-,31-,32+/m0/s1. The zero-order chi connectivity index (χ0) is 25.2. The van der Waals surface area contributed by atoms with Gasteiger partial charge in [-0.25, -0.2) is 0 Å². The summed E-state index contributed by atoms with van der Waals surface area (Å²) in [7, 11) is 0.405. The quantitative estimate of drug-likeness (QED) is 0.307. The van der Waals surface area contributed by atoms with Crippen LogP contribution in [0, 0.1) is 34.5 Å². The van der Waals surface area contributed by atoms with Crippen LogP contribution in [0.3, 0.4) is 0 Å². The molecule has 3 heteroatoms. The fourth-order valence-electron chi connectivity index (χ4n) is 8.93. The first-order valence-corrected chi connectivity index (χ1v) is 17.6. The van der Waals surface area contributed by atoms with E-state index in [9.17, 15) is 4.79 Å². The number of carbonyl (C=O) groups excluding carboxylic acids is 1. The van der Waals surface area contributed by atoms with Crippen LogP contribution >= 0.6 is 0 Å². The van der Waals surface area contributed by atoms with Gasteiger partial charge in [0.2, 0.25) is 0 Å². The summed E-state index contributed by atoms with van der Waals surface area (Å²) in [5.74, 6) is 2.63. The Kier molecular flexibility index (Phi) is 6.06. The predicted octanol–water partition coefficient (Wildman–Crippen LogP) is 8.14. The van der Waals surface area contributed by atoms with Gasteiger partial charge in [0.15, 0.2) is 0 Å². The highest BCUT2D eigenvalue weighted by Gasteiger charge is 2.77. The molecule has 3 fully saturated rings. The zero-order valence-electron chi connectivity index (χ0n) is 23.1. The van der Waals surface area contributed by atoms with Gasteiger partial charge in [-0.2, -0.15) is 0 Å². The lowest BCUT2D eigenvalue weighted by Gasteiger charge is -2.51. The molecule has 0 saturated heterocycles. The first-order chi connectivity index (χ1) is 16.5. The maximum absolute atomic E-state index is 14.8. The van der Waals surface area contributed by atoms with Gasteiger partial charge in [0.1, 0.15) is 11.5 Å². The molecule has 0 aliphatic heterocycles. The average molecular weight is 491 g/mol. The van der Waals surface area contributed by atoms with Crippen molar-refractivity contribution in [2.45, 2.75) is 90.8 Å². The Labute approximate surface area is 214 Å². The van der Waals surface area contributed by atoms with Gasteiger partial charge < -0.3 is 4.74 Å². The SMILES string of the molecule is COc1ccc([C@@]23C=C[C@@]4(CCCC[C@@]42C)[C@H]2CC[C@H](C)[C@H](C/C=C(/C)[Si](C)(C)C)C(=O)[C@H]23)cc1. The van der Waals surface area contributed by atoms with Crippen molar-refractivity contribution >= 4 is 13.9 Å². The van der Waals surface area contributed by atoms with E-state index in [1.54, 1.807) is 7.11 Å². The molecule has 2 nitrogen and oxygen atoms in total. The van der Waals surface area contributed by atoms with Gasteiger partial charge in [-0.05, 0) is 79.4 Å². The molecule has 3 saturated carbocycles. The van der Waals surface area contributed by atoms with Gasteiger partial charge in [-0.15, -0.1) is 0 Å². The molecule has 35 heavy (non-hydrogen) atoms. The molecule has 0 spiro atoms. The lowest BCUT2D eigenvalue weighted by atomic mass is 9.52. The molecule has 2 bridgehead atoms. The molecule has 0 N–H and O–H groups in total. The summed E-state index contributed by atoms with van der Waals surface area (Å²) < 4.78 is 5.51. The van der Waals surface area contributed by atoms with Crippen molar-refractivity contribution in [2.75, 3.05) is 7.11 Å². The monoisotopic (exact) mass is 490 g/mol. The second-order valence-electron chi connectivity index (χ2n) is 13.5. The third-order valence-electron chi connectivity index (χ3n) is 11.4. The molecule has 4 aliphatic rings. The van der Waals surface area contributed by atoms with Crippen molar-refractivity contribution in [3.05, 3.63) is 53.3 Å². The van der Waals surface area contributed by atoms with E-state index in [-0.39, 0.29) is 28.1 Å². The zero-order valence-corrected chi connectivity index (χ0v) is 24.1. The summed E-state index contributed by atoms with van der Waals surface area (Å²) in [6, 6.07) is 8.76. The summed E-state index contributed by atoms with van der Waals surface area (Å²) in [6.45, 7) is 14.4. The van der Waals surface area contributed by atoms with Gasteiger partial charge in [0, 0.05) is 17.3 Å². The van der Waals surface area contributed by atoms with Crippen LogP contribution in [0.1, 0.15) is 71.3 Å². The largest absolute Gasteiger partial charge is 0.497 e. The molecule has 7 atom stereocenters. The summed E-state index contributed by atoms with van der Waals surface area (Å²) in [4.78, 5) is 14.8. The van der Waals surface area contributed by atoms with E-state index >= 15 is 0 Å². The fraction of sp³-hybridized carbons (Fsp3) is 0.656. The Morgan fingerprint density at radius 3 is 2.43 bits per heavy atom. The van der Waals surface area contributed by atoms with Gasteiger partial charge >= 0.3 is 0 Å². The Balaban J connectivity index is 1.63. The Morgan fingerprint density at radius 1 is 1.09 bits per heavy atom. The minimum atomic E-state index is -1.33. The third kappa shape index (κ3) is 3.36. The van der Waals surface area contributed by atoms with Crippen molar-refractivity contribution in [2.24, 2.45) is 34.5 Å². The number of Topliss-reactive ketones (excluding diaryl/α,β-unsaturated/α-hetero) is 1. The van der Waals surface area contributed by atoms with Crippen LogP contribution in [0.2, 0.25) is 19.6 Å².